The van der Waals surface area contributed by atoms with Crippen molar-refractivity contribution in [3.63, 3.8) is 0 Å². The maximum Gasteiger partial charge on any atom is 0.256 e. The fourth-order valence-corrected chi connectivity index (χ4v) is 4.83. The van der Waals surface area contributed by atoms with Crippen molar-refractivity contribution in [1.82, 2.24) is 20.6 Å². The van der Waals surface area contributed by atoms with Gasteiger partial charge in [-0.05, 0) is 66.8 Å². The van der Waals surface area contributed by atoms with Gasteiger partial charge in [-0.1, -0.05) is 70.0 Å². The molecule has 2 heterocycles. The molecule has 0 aliphatic heterocycles. The Labute approximate surface area is 315 Å². The standard InChI is InChI=1S/2C18H21ClFN3O2.C2H6/c1-11(2)9-22-17-16(13(19)6-7-21-17)18(24)23-10-12-4-5-15(25-3)14(20)8-12;1-4-11(2)23-17-16(13(19)7-8-21-17)18(24)22-10-12-5-6-15(25-3)14(20)9-12;1-2/h4-8,11H,9-10H2,1-3H3,(H,21,22)(H,23,24);5-9,11H,4,10H2,1-3H3,(H,21,23)(H,22,24);1-2H3. The lowest BCUT2D eigenvalue weighted by molar-refractivity contribution is 0.0943. The molecule has 52 heavy (non-hydrogen) atoms. The van der Waals surface area contributed by atoms with Gasteiger partial charge in [-0.3, -0.25) is 9.59 Å². The number of halogens is 4. The van der Waals surface area contributed by atoms with E-state index in [-0.39, 0.29) is 53.6 Å². The van der Waals surface area contributed by atoms with E-state index in [9.17, 15) is 18.4 Å². The zero-order chi connectivity index (χ0) is 38.8. The second kappa shape index (κ2) is 22.3. The van der Waals surface area contributed by atoms with E-state index >= 15 is 0 Å². The maximum atomic E-state index is 13.7. The lowest BCUT2D eigenvalue weighted by Gasteiger charge is -2.16. The number of anilines is 2. The monoisotopic (exact) mass is 760 g/mol. The van der Waals surface area contributed by atoms with Gasteiger partial charge in [0, 0.05) is 38.1 Å². The number of pyridine rings is 2. The fourth-order valence-electron chi connectivity index (χ4n) is 4.37. The van der Waals surface area contributed by atoms with Crippen LogP contribution < -0.4 is 30.7 Å². The molecule has 2 aromatic carbocycles. The largest absolute Gasteiger partial charge is 0.494 e. The highest BCUT2D eigenvalue weighted by Gasteiger charge is 2.19. The summed E-state index contributed by atoms with van der Waals surface area (Å²) in [7, 11) is 2.80. The Hall–Kier alpha value is -4.68. The molecular weight excluding hydrogens is 713 g/mol. The van der Waals surface area contributed by atoms with Crippen LogP contribution >= 0.6 is 23.2 Å². The predicted molar refractivity (Wildman–Crippen MR) is 205 cm³/mol. The first kappa shape index (κ1) is 43.5. The number of rotatable bonds is 14. The predicted octanol–water partition coefficient (Wildman–Crippen LogP) is 8.93. The molecule has 14 heteroatoms. The number of amides is 2. The van der Waals surface area contributed by atoms with E-state index in [0.29, 0.717) is 45.3 Å². The van der Waals surface area contributed by atoms with Gasteiger partial charge in [0.15, 0.2) is 23.1 Å². The zero-order valence-electron chi connectivity index (χ0n) is 30.8. The lowest BCUT2D eigenvalue weighted by Crippen LogP contribution is -2.26. The number of ether oxygens (including phenoxy) is 2. The number of nitrogens with one attached hydrogen (secondary N) is 4. The summed E-state index contributed by atoms with van der Waals surface area (Å²) < 4.78 is 37.2. The topological polar surface area (TPSA) is 127 Å². The number of methoxy groups -OCH3 is 2. The van der Waals surface area contributed by atoms with Gasteiger partial charge in [-0.15, -0.1) is 0 Å². The van der Waals surface area contributed by atoms with Crippen molar-refractivity contribution in [3.05, 3.63) is 105 Å². The zero-order valence-corrected chi connectivity index (χ0v) is 32.3. The molecule has 1 atom stereocenters. The van der Waals surface area contributed by atoms with Gasteiger partial charge in [0.25, 0.3) is 11.8 Å². The summed E-state index contributed by atoms with van der Waals surface area (Å²) in [6.45, 7) is 13.1. The molecule has 2 amide bonds. The van der Waals surface area contributed by atoms with Crippen LogP contribution in [0.3, 0.4) is 0 Å². The molecule has 0 fully saturated rings. The van der Waals surface area contributed by atoms with Gasteiger partial charge < -0.3 is 30.7 Å². The Bertz CT molecular complexity index is 1760. The molecule has 4 N–H and O–H groups in total. The number of aromatic nitrogens is 2. The number of benzene rings is 2. The Morgan fingerprint density at radius 1 is 0.750 bits per heavy atom. The average Bonchev–Trinajstić information content (AvgIpc) is 3.13. The minimum absolute atomic E-state index is 0.146. The number of carbonyl (C=O) groups is 2. The fraction of sp³-hybridized carbons (Fsp3) is 0.368. The third-order valence-corrected chi connectivity index (χ3v) is 7.90. The molecular formula is C38H48Cl2F2N6O4. The third kappa shape index (κ3) is 13.1. The Kier molecular flexibility index (Phi) is 18.6. The summed E-state index contributed by atoms with van der Waals surface area (Å²) in [4.78, 5) is 33.5. The number of nitrogens with zero attached hydrogens (tertiary/aromatic N) is 2. The van der Waals surface area contributed by atoms with Crippen LogP contribution in [0.1, 0.15) is 79.8 Å². The second-order valence-electron chi connectivity index (χ2n) is 11.6. The lowest BCUT2D eigenvalue weighted by atomic mass is 10.1. The first-order valence-corrected chi connectivity index (χ1v) is 17.6. The Balaban J connectivity index is 0.000000344. The second-order valence-corrected chi connectivity index (χ2v) is 12.4. The van der Waals surface area contributed by atoms with E-state index in [4.69, 9.17) is 32.7 Å². The van der Waals surface area contributed by atoms with E-state index in [0.717, 1.165) is 6.42 Å². The normalized spacial score (nSPS) is 10.9. The summed E-state index contributed by atoms with van der Waals surface area (Å²) >= 11 is 12.3. The summed E-state index contributed by atoms with van der Waals surface area (Å²) in [5.41, 5.74) is 1.78. The van der Waals surface area contributed by atoms with E-state index < -0.39 is 11.6 Å². The molecule has 0 aliphatic carbocycles. The minimum Gasteiger partial charge on any atom is -0.494 e. The number of hydrogen-bond donors (Lipinski definition) is 4. The highest BCUT2D eigenvalue weighted by atomic mass is 35.5. The van der Waals surface area contributed by atoms with Gasteiger partial charge in [-0.25, -0.2) is 18.7 Å². The highest BCUT2D eigenvalue weighted by Crippen LogP contribution is 2.25. The summed E-state index contributed by atoms with van der Waals surface area (Å²) in [5.74, 6) is -0.142. The molecule has 282 valence electrons. The van der Waals surface area contributed by atoms with Crippen molar-refractivity contribution in [3.8, 4) is 11.5 Å². The van der Waals surface area contributed by atoms with Crippen LogP contribution in [-0.2, 0) is 13.1 Å². The summed E-state index contributed by atoms with van der Waals surface area (Å²) in [6.07, 6.45) is 3.96. The van der Waals surface area contributed by atoms with Crippen molar-refractivity contribution < 1.29 is 27.8 Å². The molecule has 0 saturated carbocycles. The van der Waals surface area contributed by atoms with Crippen LogP contribution in [0.2, 0.25) is 10.0 Å². The molecule has 1 unspecified atom stereocenters. The van der Waals surface area contributed by atoms with Crippen molar-refractivity contribution in [1.29, 1.82) is 0 Å². The van der Waals surface area contributed by atoms with Crippen LogP contribution in [0.5, 0.6) is 11.5 Å². The Morgan fingerprint density at radius 2 is 1.19 bits per heavy atom. The molecule has 4 aromatic rings. The first-order valence-electron chi connectivity index (χ1n) is 16.9. The van der Waals surface area contributed by atoms with E-state index in [1.807, 2.05) is 27.7 Å². The van der Waals surface area contributed by atoms with Gasteiger partial charge in [0.05, 0.1) is 24.3 Å². The third-order valence-electron chi connectivity index (χ3n) is 7.27. The van der Waals surface area contributed by atoms with Crippen LogP contribution in [0, 0.1) is 17.6 Å². The minimum atomic E-state index is -0.479. The molecule has 0 spiro atoms. The van der Waals surface area contributed by atoms with Crippen LogP contribution in [0.25, 0.3) is 0 Å². The van der Waals surface area contributed by atoms with Crippen LogP contribution in [0.15, 0.2) is 60.9 Å². The average molecular weight is 762 g/mol. The molecule has 0 saturated heterocycles. The van der Waals surface area contributed by atoms with Gasteiger partial charge in [0.2, 0.25) is 0 Å². The highest BCUT2D eigenvalue weighted by molar-refractivity contribution is 6.35. The van der Waals surface area contributed by atoms with Crippen LogP contribution in [0.4, 0.5) is 20.4 Å². The molecule has 4 rings (SSSR count). The first-order chi connectivity index (χ1) is 24.9. The van der Waals surface area contributed by atoms with Gasteiger partial charge in [0.1, 0.15) is 22.8 Å². The van der Waals surface area contributed by atoms with Crippen molar-refractivity contribution in [2.24, 2.45) is 5.92 Å². The van der Waals surface area contributed by atoms with Crippen molar-refractivity contribution in [2.45, 2.75) is 67.1 Å². The molecule has 0 aliphatic rings. The number of hydrogen-bond acceptors (Lipinski definition) is 8. The smallest absolute Gasteiger partial charge is 0.256 e. The van der Waals surface area contributed by atoms with E-state index in [1.54, 1.807) is 36.7 Å². The van der Waals surface area contributed by atoms with Crippen LogP contribution in [-0.4, -0.2) is 48.6 Å². The van der Waals surface area contributed by atoms with E-state index in [2.05, 4.69) is 45.1 Å². The molecule has 0 radical (unpaired) electrons. The maximum absolute atomic E-state index is 13.7. The summed E-state index contributed by atoms with van der Waals surface area (Å²) in [5, 5.41) is 12.4. The number of carbonyl (C=O) groups excluding carboxylic acids is 2. The van der Waals surface area contributed by atoms with Gasteiger partial charge >= 0.3 is 0 Å². The van der Waals surface area contributed by atoms with Gasteiger partial charge in [-0.2, -0.15) is 0 Å². The van der Waals surface area contributed by atoms with Crippen molar-refractivity contribution in [2.75, 3.05) is 31.4 Å². The quantitative estimate of drug-likeness (QED) is 0.100. The van der Waals surface area contributed by atoms with E-state index in [1.165, 1.54) is 38.5 Å². The molecule has 2 aromatic heterocycles. The SMILES string of the molecule is CC.CCC(C)Nc1nccc(Cl)c1C(=O)NCc1ccc(OC)c(F)c1.COc1ccc(CNC(=O)c2c(Cl)ccnc2NCC(C)C)cc1F. The van der Waals surface area contributed by atoms with Crippen molar-refractivity contribution >= 4 is 46.7 Å². The molecule has 0 bridgehead atoms. The summed E-state index contributed by atoms with van der Waals surface area (Å²) in [6, 6.07) is 12.3. The molecule has 10 nitrogen and oxygen atoms in total. The Morgan fingerprint density at radius 3 is 1.60 bits per heavy atom.